The van der Waals surface area contributed by atoms with Crippen LogP contribution in [0.2, 0.25) is 0 Å². The van der Waals surface area contributed by atoms with Crippen LogP contribution in [0, 0.1) is 21.4 Å². The van der Waals surface area contributed by atoms with Crippen molar-refractivity contribution in [3.8, 4) is 11.8 Å². The lowest BCUT2D eigenvalue weighted by atomic mass is 10.1. The lowest BCUT2D eigenvalue weighted by molar-refractivity contribution is -0.385. The molecule has 0 saturated carbocycles. The first-order valence-corrected chi connectivity index (χ1v) is 5.75. The van der Waals surface area contributed by atoms with Crippen molar-refractivity contribution in [2.75, 3.05) is 0 Å². The molecule has 0 unspecified atom stereocenters. The Morgan fingerprint density at radius 1 is 1.55 bits per heavy atom. The maximum Gasteiger partial charge on any atom is 0.311 e. The molecule has 0 radical (unpaired) electrons. The molecule has 7 heteroatoms. The molecule has 0 aliphatic carbocycles. The van der Waals surface area contributed by atoms with Crippen LogP contribution in [0.25, 0.3) is 6.08 Å². The highest BCUT2D eigenvalue weighted by Crippen LogP contribution is 2.27. The van der Waals surface area contributed by atoms with Gasteiger partial charge in [0.1, 0.15) is 11.6 Å². The van der Waals surface area contributed by atoms with Crippen LogP contribution in [-0.4, -0.2) is 22.0 Å². The van der Waals surface area contributed by atoms with Crippen molar-refractivity contribution in [2.45, 2.75) is 19.9 Å². The molecular formula is C13H13N3O4. The van der Waals surface area contributed by atoms with Crippen LogP contribution in [0.3, 0.4) is 0 Å². The Labute approximate surface area is 115 Å². The van der Waals surface area contributed by atoms with Gasteiger partial charge < -0.3 is 10.4 Å². The van der Waals surface area contributed by atoms with E-state index in [4.69, 9.17) is 5.26 Å². The number of nitrogens with zero attached hydrogens (tertiary/aromatic N) is 2. The number of nitriles is 1. The largest absolute Gasteiger partial charge is 0.502 e. The van der Waals surface area contributed by atoms with Crippen molar-refractivity contribution in [3.63, 3.8) is 0 Å². The van der Waals surface area contributed by atoms with Crippen molar-refractivity contribution >= 4 is 17.7 Å². The van der Waals surface area contributed by atoms with Gasteiger partial charge in [-0.2, -0.15) is 5.26 Å². The van der Waals surface area contributed by atoms with E-state index >= 15 is 0 Å². The van der Waals surface area contributed by atoms with Crippen molar-refractivity contribution in [1.82, 2.24) is 5.32 Å². The zero-order chi connectivity index (χ0) is 15.3. The van der Waals surface area contributed by atoms with Gasteiger partial charge in [-0.3, -0.25) is 14.9 Å². The smallest absolute Gasteiger partial charge is 0.311 e. The monoisotopic (exact) mass is 275 g/mol. The lowest BCUT2D eigenvalue weighted by Gasteiger charge is -2.07. The zero-order valence-corrected chi connectivity index (χ0v) is 11.0. The second kappa shape index (κ2) is 6.33. The summed E-state index contributed by atoms with van der Waals surface area (Å²) in [5, 5.41) is 31.5. The van der Waals surface area contributed by atoms with Gasteiger partial charge in [0.05, 0.1) is 4.92 Å². The minimum Gasteiger partial charge on any atom is -0.502 e. The number of phenolic OH excluding ortho intramolecular Hbond substituents is 1. The summed E-state index contributed by atoms with van der Waals surface area (Å²) in [7, 11) is 0. The molecule has 1 amide bonds. The molecule has 0 atom stereocenters. The van der Waals surface area contributed by atoms with Gasteiger partial charge in [0, 0.05) is 12.1 Å². The number of aromatic hydroxyl groups is 1. The van der Waals surface area contributed by atoms with E-state index in [0.717, 1.165) is 12.1 Å². The zero-order valence-electron chi connectivity index (χ0n) is 11.0. The highest BCUT2D eigenvalue weighted by atomic mass is 16.6. The van der Waals surface area contributed by atoms with E-state index in [9.17, 15) is 20.0 Å². The van der Waals surface area contributed by atoms with Crippen LogP contribution in [0.5, 0.6) is 5.75 Å². The summed E-state index contributed by atoms with van der Waals surface area (Å²) in [6.45, 7) is 3.50. The first-order valence-electron chi connectivity index (χ1n) is 5.75. The fraction of sp³-hybridized carbons (Fsp3) is 0.231. The van der Waals surface area contributed by atoms with Gasteiger partial charge in [0.2, 0.25) is 0 Å². The summed E-state index contributed by atoms with van der Waals surface area (Å²) in [6.07, 6.45) is 1.23. The summed E-state index contributed by atoms with van der Waals surface area (Å²) in [6, 6.07) is 5.21. The molecule has 104 valence electrons. The maximum absolute atomic E-state index is 11.7. The van der Waals surface area contributed by atoms with E-state index in [1.54, 1.807) is 19.9 Å². The van der Waals surface area contributed by atoms with Gasteiger partial charge in [0.15, 0.2) is 5.75 Å². The van der Waals surface area contributed by atoms with Gasteiger partial charge in [0.25, 0.3) is 5.91 Å². The Hall–Kier alpha value is -2.88. The average Bonchev–Trinajstić information content (AvgIpc) is 2.36. The second-order valence-electron chi connectivity index (χ2n) is 4.30. The molecule has 0 aliphatic rings. The van der Waals surface area contributed by atoms with Crippen LogP contribution in [0.1, 0.15) is 19.4 Å². The third kappa shape index (κ3) is 3.81. The predicted molar refractivity (Wildman–Crippen MR) is 71.6 cm³/mol. The summed E-state index contributed by atoms with van der Waals surface area (Å²) in [4.78, 5) is 21.6. The van der Waals surface area contributed by atoms with Crippen LogP contribution in [0.4, 0.5) is 5.69 Å². The highest BCUT2D eigenvalue weighted by Gasteiger charge is 2.15. The van der Waals surface area contributed by atoms with Crippen LogP contribution in [0.15, 0.2) is 23.8 Å². The number of carbonyl (C=O) groups is 1. The molecule has 0 aliphatic heterocycles. The number of hydrogen-bond donors (Lipinski definition) is 2. The van der Waals surface area contributed by atoms with Gasteiger partial charge >= 0.3 is 5.69 Å². The fourth-order valence-corrected chi connectivity index (χ4v) is 1.43. The van der Waals surface area contributed by atoms with Gasteiger partial charge in [-0.1, -0.05) is 6.07 Å². The number of nitrogens with one attached hydrogen (secondary N) is 1. The Morgan fingerprint density at radius 3 is 2.70 bits per heavy atom. The Bertz CT molecular complexity index is 615. The molecule has 20 heavy (non-hydrogen) atoms. The number of nitro benzene ring substituents is 1. The normalized spacial score (nSPS) is 11.0. The lowest BCUT2D eigenvalue weighted by Crippen LogP contribution is -2.30. The number of carbonyl (C=O) groups excluding carboxylic acids is 1. The van der Waals surface area contributed by atoms with Gasteiger partial charge in [-0.25, -0.2) is 0 Å². The molecule has 0 saturated heterocycles. The maximum atomic E-state index is 11.7. The number of hydrogen-bond acceptors (Lipinski definition) is 5. The van der Waals surface area contributed by atoms with Crippen LogP contribution < -0.4 is 5.32 Å². The molecule has 2 N–H and O–H groups in total. The molecule has 0 aromatic heterocycles. The molecule has 0 spiro atoms. The van der Waals surface area contributed by atoms with Crippen LogP contribution in [-0.2, 0) is 4.79 Å². The van der Waals surface area contributed by atoms with E-state index in [0.29, 0.717) is 0 Å². The average molecular weight is 275 g/mol. The van der Waals surface area contributed by atoms with E-state index in [-0.39, 0.29) is 17.2 Å². The Balaban J connectivity index is 3.14. The first-order chi connectivity index (χ1) is 9.35. The first kappa shape index (κ1) is 15.2. The number of nitro groups is 1. The molecule has 0 bridgehead atoms. The van der Waals surface area contributed by atoms with E-state index < -0.39 is 22.3 Å². The van der Waals surface area contributed by atoms with Crippen molar-refractivity contribution < 1.29 is 14.8 Å². The minimum atomic E-state index is -0.743. The Kier molecular flexibility index (Phi) is 4.81. The van der Waals surface area contributed by atoms with Gasteiger partial charge in [-0.05, 0) is 31.6 Å². The molecule has 1 rings (SSSR count). The molecule has 1 aromatic rings. The second-order valence-corrected chi connectivity index (χ2v) is 4.30. The van der Waals surface area contributed by atoms with Crippen molar-refractivity contribution in [1.29, 1.82) is 5.26 Å². The number of amides is 1. The van der Waals surface area contributed by atoms with E-state index in [2.05, 4.69) is 5.32 Å². The minimum absolute atomic E-state index is 0.131. The van der Waals surface area contributed by atoms with E-state index in [1.165, 1.54) is 12.1 Å². The number of rotatable bonds is 4. The summed E-state index contributed by atoms with van der Waals surface area (Å²) in [5.41, 5.74) is -0.371. The molecule has 1 aromatic carbocycles. The molecule has 0 fully saturated rings. The SMILES string of the molecule is CC(C)NC(=O)/C(C#N)=C\c1ccc(O)c([N+](=O)[O-])c1. The molecular weight excluding hydrogens is 262 g/mol. The third-order valence-corrected chi connectivity index (χ3v) is 2.29. The van der Waals surface area contributed by atoms with Gasteiger partial charge in [-0.15, -0.1) is 0 Å². The summed E-state index contributed by atoms with van der Waals surface area (Å²) < 4.78 is 0. The van der Waals surface area contributed by atoms with Crippen molar-refractivity contribution in [3.05, 3.63) is 39.4 Å². The van der Waals surface area contributed by atoms with E-state index in [1.807, 2.05) is 0 Å². The standard InChI is InChI=1S/C13H13N3O4/c1-8(2)15-13(18)10(7-14)5-9-3-4-12(17)11(6-9)16(19)20/h3-6,8,17H,1-2H3,(H,15,18)/b10-5-. The van der Waals surface area contributed by atoms with Crippen LogP contribution >= 0.6 is 0 Å². The fourth-order valence-electron chi connectivity index (χ4n) is 1.43. The predicted octanol–water partition coefficient (Wildman–Crippen LogP) is 1.73. The molecule has 0 heterocycles. The molecule has 7 nitrogen and oxygen atoms in total. The topological polar surface area (TPSA) is 116 Å². The highest BCUT2D eigenvalue weighted by molar-refractivity contribution is 6.01. The summed E-state index contributed by atoms with van der Waals surface area (Å²) in [5.74, 6) is -1.03. The van der Waals surface area contributed by atoms with Crippen molar-refractivity contribution in [2.24, 2.45) is 0 Å². The third-order valence-electron chi connectivity index (χ3n) is 2.29. The number of benzene rings is 1. The summed E-state index contributed by atoms with van der Waals surface area (Å²) >= 11 is 0. The number of phenols is 1. The Morgan fingerprint density at radius 2 is 2.20 bits per heavy atom. The quantitative estimate of drug-likeness (QED) is 0.375.